The normalized spacial score (nSPS) is 9.69. The smallest absolute Gasteiger partial charge is 0.106 e. The van der Waals surface area contributed by atoms with Gasteiger partial charge < -0.3 is 4.84 Å². The standard InChI is InChI=1S/C11H18NO/c1-3-4-5-6-7-8-9-10-11-12-13-2/h11H,1,3,6-10H2,2H3/b12-11-. The molecular formula is C11H18NO. The van der Waals surface area contributed by atoms with Gasteiger partial charge in [-0.2, -0.15) is 0 Å². The van der Waals surface area contributed by atoms with Crippen molar-refractivity contribution in [3.8, 4) is 11.8 Å². The van der Waals surface area contributed by atoms with Gasteiger partial charge in [0.15, 0.2) is 0 Å². The van der Waals surface area contributed by atoms with Crippen molar-refractivity contribution >= 4 is 6.21 Å². The molecule has 0 N–H and O–H groups in total. The van der Waals surface area contributed by atoms with E-state index in [9.17, 15) is 0 Å². The summed E-state index contributed by atoms with van der Waals surface area (Å²) >= 11 is 0. The lowest BCUT2D eigenvalue weighted by Crippen LogP contribution is -1.80. The second kappa shape index (κ2) is 11.0. The van der Waals surface area contributed by atoms with Gasteiger partial charge in [-0.05, 0) is 26.2 Å². The van der Waals surface area contributed by atoms with Crippen LogP contribution < -0.4 is 0 Å². The van der Waals surface area contributed by atoms with E-state index in [1.807, 2.05) is 6.21 Å². The van der Waals surface area contributed by atoms with Crippen molar-refractivity contribution in [2.45, 2.75) is 38.5 Å². The Balaban J connectivity index is 3.04. The van der Waals surface area contributed by atoms with Crippen molar-refractivity contribution in [1.29, 1.82) is 0 Å². The molecular weight excluding hydrogens is 162 g/mol. The van der Waals surface area contributed by atoms with E-state index >= 15 is 0 Å². The Morgan fingerprint density at radius 3 is 2.85 bits per heavy atom. The van der Waals surface area contributed by atoms with Crippen LogP contribution in [-0.4, -0.2) is 13.3 Å². The lowest BCUT2D eigenvalue weighted by atomic mass is 10.1. The molecule has 0 aliphatic heterocycles. The molecule has 0 saturated heterocycles. The van der Waals surface area contributed by atoms with E-state index in [-0.39, 0.29) is 0 Å². The first-order valence-corrected chi connectivity index (χ1v) is 4.71. The second-order valence-corrected chi connectivity index (χ2v) is 2.67. The fourth-order valence-electron chi connectivity index (χ4n) is 0.930. The summed E-state index contributed by atoms with van der Waals surface area (Å²) in [6.45, 7) is 3.65. The summed E-state index contributed by atoms with van der Waals surface area (Å²) in [5, 5.41) is 3.66. The number of hydrogen-bond donors (Lipinski definition) is 0. The van der Waals surface area contributed by atoms with Gasteiger partial charge in [0.05, 0.1) is 0 Å². The van der Waals surface area contributed by atoms with E-state index in [0.29, 0.717) is 0 Å². The Morgan fingerprint density at radius 2 is 2.15 bits per heavy atom. The van der Waals surface area contributed by atoms with Crippen LogP contribution in [0.3, 0.4) is 0 Å². The van der Waals surface area contributed by atoms with Gasteiger partial charge in [-0.15, -0.1) is 11.8 Å². The van der Waals surface area contributed by atoms with Crippen molar-refractivity contribution < 1.29 is 4.84 Å². The van der Waals surface area contributed by atoms with Crippen LogP contribution in [0.1, 0.15) is 38.5 Å². The third-order valence-corrected chi connectivity index (χ3v) is 1.56. The van der Waals surface area contributed by atoms with Crippen LogP contribution in [0.4, 0.5) is 0 Å². The summed E-state index contributed by atoms with van der Waals surface area (Å²) in [4.78, 5) is 4.54. The third-order valence-electron chi connectivity index (χ3n) is 1.56. The lowest BCUT2D eigenvalue weighted by Gasteiger charge is -1.92. The predicted octanol–water partition coefficient (Wildman–Crippen LogP) is 2.80. The average Bonchev–Trinajstić information content (AvgIpc) is 2.16. The van der Waals surface area contributed by atoms with Crippen LogP contribution in [0.25, 0.3) is 0 Å². The summed E-state index contributed by atoms with van der Waals surface area (Å²) in [5.41, 5.74) is 0. The SMILES string of the molecule is [CH2]CC#CCCCCC/C=N\OC. The molecule has 2 heteroatoms. The summed E-state index contributed by atoms with van der Waals surface area (Å²) in [7, 11) is 1.56. The van der Waals surface area contributed by atoms with Gasteiger partial charge in [0, 0.05) is 19.1 Å². The molecule has 0 aliphatic carbocycles. The largest absolute Gasteiger partial charge is 0.399 e. The number of nitrogens with zero attached hydrogens (tertiary/aromatic N) is 1. The number of rotatable bonds is 6. The Kier molecular flexibility index (Phi) is 10.2. The molecule has 0 rings (SSSR count). The van der Waals surface area contributed by atoms with E-state index in [4.69, 9.17) is 0 Å². The number of unbranched alkanes of at least 4 members (excludes halogenated alkanes) is 4. The Labute approximate surface area is 81.4 Å². The minimum absolute atomic E-state index is 0.723. The molecule has 0 aliphatic rings. The Hall–Kier alpha value is -0.970. The second-order valence-electron chi connectivity index (χ2n) is 2.67. The van der Waals surface area contributed by atoms with E-state index in [2.05, 4.69) is 28.8 Å². The van der Waals surface area contributed by atoms with Gasteiger partial charge in [-0.25, -0.2) is 0 Å². The van der Waals surface area contributed by atoms with Crippen LogP contribution >= 0.6 is 0 Å². The highest BCUT2D eigenvalue weighted by Gasteiger charge is 1.85. The zero-order valence-electron chi connectivity index (χ0n) is 8.38. The van der Waals surface area contributed by atoms with Crippen LogP contribution in [0, 0.1) is 18.8 Å². The van der Waals surface area contributed by atoms with Crippen molar-refractivity contribution in [2.24, 2.45) is 5.16 Å². The maximum atomic E-state index is 4.54. The van der Waals surface area contributed by atoms with Crippen molar-refractivity contribution in [3.05, 3.63) is 6.92 Å². The fraction of sp³-hybridized carbons (Fsp3) is 0.636. The quantitative estimate of drug-likeness (QED) is 0.266. The minimum atomic E-state index is 0.723. The molecule has 0 spiro atoms. The fourth-order valence-corrected chi connectivity index (χ4v) is 0.930. The first-order chi connectivity index (χ1) is 6.41. The first kappa shape index (κ1) is 12.0. The lowest BCUT2D eigenvalue weighted by molar-refractivity contribution is 0.214. The van der Waals surface area contributed by atoms with Crippen molar-refractivity contribution in [2.75, 3.05) is 7.11 Å². The molecule has 0 fully saturated rings. The van der Waals surface area contributed by atoms with Crippen molar-refractivity contribution in [3.63, 3.8) is 0 Å². The Bertz CT molecular complexity index is 176. The molecule has 0 bridgehead atoms. The molecule has 0 aromatic carbocycles. The van der Waals surface area contributed by atoms with Crippen LogP contribution in [0.5, 0.6) is 0 Å². The minimum Gasteiger partial charge on any atom is -0.399 e. The highest BCUT2D eigenvalue weighted by Crippen LogP contribution is 2.00. The maximum absolute atomic E-state index is 4.54. The molecule has 1 radical (unpaired) electrons. The molecule has 13 heavy (non-hydrogen) atoms. The third kappa shape index (κ3) is 11.0. The first-order valence-electron chi connectivity index (χ1n) is 4.71. The molecule has 73 valence electrons. The molecule has 0 amide bonds. The molecule has 2 nitrogen and oxygen atoms in total. The van der Waals surface area contributed by atoms with Crippen LogP contribution in [0.15, 0.2) is 5.16 Å². The molecule has 0 saturated carbocycles. The number of hydrogen-bond acceptors (Lipinski definition) is 2. The molecule has 0 atom stereocenters. The van der Waals surface area contributed by atoms with Gasteiger partial charge in [0.1, 0.15) is 7.11 Å². The van der Waals surface area contributed by atoms with E-state index in [1.54, 1.807) is 7.11 Å². The predicted molar refractivity (Wildman–Crippen MR) is 56.3 cm³/mol. The highest BCUT2D eigenvalue weighted by atomic mass is 16.6. The molecule has 0 aromatic heterocycles. The van der Waals surface area contributed by atoms with Gasteiger partial charge in [0.2, 0.25) is 0 Å². The summed E-state index contributed by atoms with van der Waals surface area (Å²) in [5.74, 6) is 6.02. The van der Waals surface area contributed by atoms with E-state index in [1.165, 1.54) is 19.3 Å². The summed E-state index contributed by atoms with van der Waals surface area (Å²) in [6, 6.07) is 0. The molecule has 0 aromatic rings. The molecule has 0 unspecified atom stereocenters. The maximum Gasteiger partial charge on any atom is 0.106 e. The van der Waals surface area contributed by atoms with Crippen LogP contribution in [0.2, 0.25) is 0 Å². The highest BCUT2D eigenvalue weighted by molar-refractivity contribution is 5.55. The van der Waals surface area contributed by atoms with Crippen LogP contribution in [-0.2, 0) is 4.84 Å². The summed E-state index contributed by atoms with van der Waals surface area (Å²) < 4.78 is 0. The zero-order chi connectivity index (χ0) is 9.78. The topological polar surface area (TPSA) is 21.6 Å². The molecule has 0 heterocycles. The van der Waals surface area contributed by atoms with E-state index < -0.39 is 0 Å². The van der Waals surface area contributed by atoms with Crippen molar-refractivity contribution in [1.82, 2.24) is 0 Å². The average molecular weight is 180 g/mol. The number of oxime groups is 1. The van der Waals surface area contributed by atoms with Gasteiger partial charge in [-0.3, -0.25) is 0 Å². The van der Waals surface area contributed by atoms with Gasteiger partial charge >= 0.3 is 0 Å². The zero-order valence-corrected chi connectivity index (χ0v) is 8.38. The van der Waals surface area contributed by atoms with Gasteiger partial charge in [0.25, 0.3) is 0 Å². The monoisotopic (exact) mass is 180 g/mol. The van der Waals surface area contributed by atoms with E-state index in [0.717, 1.165) is 19.3 Å². The summed E-state index contributed by atoms with van der Waals surface area (Å²) in [6.07, 6.45) is 8.07. The van der Waals surface area contributed by atoms with Gasteiger partial charge in [-0.1, -0.05) is 11.6 Å². The Morgan fingerprint density at radius 1 is 1.31 bits per heavy atom.